The maximum Gasteiger partial charge on any atom is 0.165 e. The highest BCUT2D eigenvalue weighted by molar-refractivity contribution is 9.10. The summed E-state index contributed by atoms with van der Waals surface area (Å²) in [5, 5.41) is 9.02. The predicted molar refractivity (Wildman–Crippen MR) is 73.6 cm³/mol. The molecule has 19 heavy (non-hydrogen) atoms. The number of nitrogens with zero attached hydrogens (tertiary/aromatic N) is 2. The van der Waals surface area contributed by atoms with Gasteiger partial charge in [0.05, 0.1) is 12.8 Å². The van der Waals surface area contributed by atoms with Crippen molar-refractivity contribution in [3.63, 3.8) is 0 Å². The number of aromatic nitrogens is 2. The molecule has 2 aromatic rings. The monoisotopic (exact) mass is 328 g/mol. The van der Waals surface area contributed by atoms with Gasteiger partial charge in [-0.25, -0.2) is 9.37 Å². The third-order valence-corrected chi connectivity index (χ3v) is 3.56. The van der Waals surface area contributed by atoms with Crippen molar-refractivity contribution in [2.24, 2.45) is 7.05 Å². The Morgan fingerprint density at radius 3 is 2.79 bits per heavy atom. The Balaban J connectivity index is 2.47. The molecule has 1 N–H and O–H groups in total. The quantitative estimate of drug-likeness (QED) is 0.938. The van der Waals surface area contributed by atoms with Gasteiger partial charge in [0.2, 0.25) is 0 Å². The minimum absolute atomic E-state index is 0.0363. The van der Waals surface area contributed by atoms with Crippen LogP contribution in [0.25, 0.3) is 11.4 Å². The van der Waals surface area contributed by atoms with Crippen molar-refractivity contribution in [2.75, 3.05) is 13.7 Å². The molecule has 0 saturated heterocycles. The molecule has 0 aliphatic carbocycles. The zero-order chi connectivity index (χ0) is 14.0. The molecular formula is C13H14BrFN2O2. The van der Waals surface area contributed by atoms with Crippen molar-refractivity contribution in [3.8, 4) is 17.1 Å². The lowest BCUT2D eigenvalue weighted by Crippen LogP contribution is -2.01. The minimum atomic E-state index is -0.428. The molecule has 0 radical (unpaired) electrons. The van der Waals surface area contributed by atoms with Crippen LogP contribution in [0.3, 0.4) is 0 Å². The number of aliphatic hydroxyl groups is 1. The van der Waals surface area contributed by atoms with E-state index < -0.39 is 5.82 Å². The average Bonchev–Trinajstić information content (AvgIpc) is 2.67. The number of imidazole rings is 1. The van der Waals surface area contributed by atoms with Gasteiger partial charge in [-0.2, -0.15) is 0 Å². The fourth-order valence-corrected chi connectivity index (χ4v) is 2.57. The maximum absolute atomic E-state index is 13.7. The Kier molecular flexibility index (Phi) is 4.21. The van der Waals surface area contributed by atoms with Gasteiger partial charge in [0.25, 0.3) is 0 Å². The van der Waals surface area contributed by atoms with E-state index in [0.717, 1.165) is 5.69 Å². The van der Waals surface area contributed by atoms with Crippen LogP contribution in [0.4, 0.5) is 4.39 Å². The molecule has 0 amide bonds. The first-order valence-corrected chi connectivity index (χ1v) is 6.53. The molecule has 102 valence electrons. The Labute approximate surface area is 119 Å². The Morgan fingerprint density at radius 2 is 2.21 bits per heavy atom. The number of benzene rings is 1. The third kappa shape index (κ3) is 2.64. The summed E-state index contributed by atoms with van der Waals surface area (Å²) in [6.07, 6.45) is 0.489. The smallest absolute Gasteiger partial charge is 0.165 e. The standard InChI is InChI=1S/C13H14BrFN2O2/c1-17-10(5-6-18)12(14)16-13(17)8-3-4-11(19-2)9(15)7-8/h3-4,7,18H,5-6H2,1-2H3. The molecule has 0 spiro atoms. The van der Waals surface area contributed by atoms with Gasteiger partial charge in [-0.15, -0.1) is 0 Å². The van der Waals surface area contributed by atoms with E-state index in [4.69, 9.17) is 9.84 Å². The second-order valence-electron chi connectivity index (χ2n) is 4.05. The van der Waals surface area contributed by atoms with E-state index in [1.165, 1.54) is 13.2 Å². The minimum Gasteiger partial charge on any atom is -0.494 e. The molecule has 0 bridgehead atoms. The molecule has 0 aliphatic heterocycles. The lowest BCUT2D eigenvalue weighted by Gasteiger charge is -2.07. The van der Waals surface area contributed by atoms with Gasteiger partial charge in [-0.05, 0) is 34.1 Å². The number of hydrogen-bond donors (Lipinski definition) is 1. The zero-order valence-corrected chi connectivity index (χ0v) is 12.2. The zero-order valence-electron chi connectivity index (χ0n) is 10.7. The predicted octanol–water partition coefficient (Wildman–Crippen LogP) is 2.53. The van der Waals surface area contributed by atoms with E-state index in [9.17, 15) is 4.39 Å². The average molecular weight is 329 g/mol. The highest BCUT2D eigenvalue weighted by Gasteiger charge is 2.15. The van der Waals surface area contributed by atoms with Crippen molar-refractivity contribution >= 4 is 15.9 Å². The van der Waals surface area contributed by atoms with Crippen LogP contribution in [0, 0.1) is 5.82 Å². The molecule has 2 rings (SSSR count). The van der Waals surface area contributed by atoms with E-state index in [0.29, 0.717) is 22.4 Å². The molecule has 0 saturated carbocycles. The molecule has 0 fully saturated rings. The van der Waals surface area contributed by atoms with E-state index in [1.807, 2.05) is 11.6 Å². The van der Waals surface area contributed by atoms with Gasteiger partial charge >= 0.3 is 0 Å². The first-order valence-electron chi connectivity index (χ1n) is 5.74. The van der Waals surface area contributed by atoms with Crippen LogP contribution >= 0.6 is 15.9 Å². The number of rotatable bonds is 4. The summed E-state index contributed by atoms with van der Waals surface area (Å²) in [6, 6.07) is 4.70. The molecule has 1 aromatic carbocycles. The van der Waals surface area contributed by atoms with Gasteiger partial charge in [-0.1, -0.05) is 0 Å². The molecule has 0 atom stereocenters. The summed E-state index contributed by atoms with van der Waals surface area (Å²) in [4.78, 5) is 4.36. The molecule has 0 aliphatic rings. The fourth-order valence-electron chi connectivity index (χ4n) is 1.94. The van der Waals surface area contributed by atoms with Crippen molar-refractivity contribution in [3.05, 3.63) is 34.3 Å². The summed E-state index contributed by atoms with van der Waals surface area (Å²) in [6.45, 7) is 0.0363. The number of halogens is 2. The third-order valence-electron chi connectivity index (χ3n) is 2.92. The Hall–Kier alpha value is -1.40. The largest absolute Gasteiger partial charge is 0.494 e. The van der Waals surface area contributed by atoms with Crippen LogP contribution in [0.5, 0.6) is 5.75 Å². The lowest BCUT2D eigenvalue weighted by molar-refractivity contribution is 0.296. The van der Waals surface area contributed by atoms with Gasteiger partial charge < -0.3 is 14.4 Å². The van der Waals surface area contributed by atoms with Gasteiger partial charge in [0, 0.05) is 25.6 Å². The highest BCUT2D eigenvalue weighted by atomic mass is 79.9. The van der Waals surface area contributed by atoms with E-state index in [1.54, 1.807) is 12.1 Å². The molecule has 1 aromatic heterocycles. The van der Waals surface area contributed by atoms with Crippen LogP contribution in [0.1, 0.15) is 5.69 Å². The lowest BCUT2D eigenvalue weighted by atomic mass is 10.2. The summed E-state index contributed by atoms with van der Waals surface area (Å²) < 4.78 is 21.1. The first kappa shape index (κ1) is 14.0. The number of methoxy groups -OCH3 is 1. The summed E-state index contributed by atoms with van der Waals surface area (Å²) >= 11 is 3.35. The van der Waals surface area contributed by atoms with Crippen LogP contribution < -0.4 is 4.74 Å². The SMILES string of the molecule is COc1ccc(-c2nc(Br)c(CCO)n2C)cc1F. The normalized spacial score (nSPS) is 10.8. The second kappa shape index (κ2) is 5.71. The second-order valence-corrected chi connectivity index (χ2v) is 4.81. The van der Waals surface area contributed by atoms with Crippen molar-refractivity contribution in [2.45, 2.75) is 6.42 Å². The number of hydrogen-bond acceptors (Lipinski definition) is 3. The Bertz CT molecular complexity index is 599. The fraction of sp³-hybridized carbons (Fsp3) is 0.308. The van der Waals surface area contributed by atoms with Crippen LogP contribution in [0.15, 0.2) is 22.8 Å². The van der Waals surface area contributed by atoms with Crippen molar-refractivity contribution in [1.82, 2.24) is 9.55 Å². The molecule has 0 unspecified atom stereocenters. The van der Waals surface area contributed by atoms with Gasteiger partial charge in [-0.3, -0.25) is 0 Å². The van der Waals surface area contributed by atoms with Crippen molar-refractivity contribution < 1.29 is 14.2 Å². The summed E-state index contributed by atoms with van der Waals surface area (Å²) in [5.74, 6) is 0.410. The van der Waals surface area contributed by atoms with Crippen LogP contribution in [-0.2, 0) is 13.5 Å². The molecule has 6 heteroatoms. The molecule has 1 heterocycles. The number of aliphatic hydroxyl groups excluding tert-OH is 1. The van der Waals surface area contributed by atoms with Crippen LogP contribution in [0.2, 0.25) is 0 Å². The maximum atomic E-state index is 13.7. The summed E-state index contributed by atoms with van der Waals surface area (Å²) in [5.41, 5.74) is 1.53. The van der Waals surface area contributed by atoms with E-state index >= 15 is 0 Å². The Morgan fingerprint density at radius 1 is 1.47 bits per heavy atom. The molecular weight excluding hydrogens is 315 g/mol. The van der Waals surface area contributed by atoms with E-state index in [-0.39, 0.29) is 12.4 Å². The topological polar surface area (TPSA) is 47.3 Å². The number of ether oxygens (including phenoxy) is 1. The van der Waals surface area contributed by atoms with Gasteiger partial charge in [0.1, 0.15) is 10.4 Å². The van der Waals surface area contributed by atoms with Crippen LogP contribution in [-0.4, -0.2) is 28.4 Å². The van der Waals surface area contributed by atoms with Gasteiger partial charge in [0.15, 0.2) is 11.6 Å². The van der Waals surface area contributed by atoms with E-state index in [2.05, 4.69) is 20.9 Å². The first-order chi connectivity index (χ1) is 9.08. The highest BCUT2D eigenvalue weighted by Crippen LogP contribution is 2.28. The molecule has 4 nitrogen and oxygen atoms in total. The summed E-state index contributed by atoms with van der Waals surface area (Å²) in [7, 11) is 3.26. The van der Waals surface area contributed by atoms with Crippen molar-refractivity contribution in [1.29, 1.82) is 0 Å².